The maximum atomic E-state index is 12.2. The average Bonchev–Trinajstić information content (AvgIpc) is 2.55. The fourth-order valence-electron chi connectivity index (χ4n) is 2.29. The van der Waals surface area contributed by atoms with E-state index in [1.807, 2.05) is 55.5 Å². The number of amides is 1. The Balaban J connectivity index is 1.89. The molecule has 122 valence electrons. The zero-order valence-corrected chi connectivity index (χ0v) is 14.0. The molecule has 0 fully saturated rings. The molecule has 0 saturated heterocycles. The summed E-state index contributed by atoms with van der Waals surface area (Å²) in [5.41, 5.74) is 2.54. The van der Waals surface area contributed by atoms with Crippen LogP contribution < -0.4 is 10.1 Å². The van der Waals surface area contributed by atoms with Crippen LogP contribution >= 0.6 is 0 Å². The van der Waals surface area contributed by atoms with Gasteiger partial charge in [-0.3, -0.25) is 4.79 Å². The van der Waals surface area contributed by atoms with Gasteiger partial charge < -0.3 is 10.1 Å². The van der Waals surface area contributed by atoms with Gasteiger partial charge in [-0.1, -0.05) is 49.9 Å². The lowest BCUT2D eigenvalue weighted by Gasteiger charge is -2.09. The molecule has 2 aromatic rings. The van der Waals surface area contributed by atoms with Crippen molar-refractivity contribution in [2.45, 2.75) is 39.5 Å². The van der Waals surface area contributed by atoms with Gasteiger partial charge in [-0.2, -0.15) is 0 Å². The predicted octanol–water partition coefficient (Wildman–Crippen LogP) is 5.21. The second-order valence-electron chi connectivity index (χ2n) is 5.76. The molecule has 0 spiro atoms. The minimum absolute atomic E-state index is 0.106. The first-order valence-corrected chi connectivity index (χ1v) is 8.30. The van der Waals surface area contributed by atoms with Crippen molar-refractivity contribution < 1.29 is 9.53 Å². The number of carbonyl (C=O) groups excluding carboxylic acids is 1. The van der Waals surface area contributed by atoms with Crippen LogP contribution in [-0.4, -0.2) is 12.5 Å². The molecule has 0 unspecified atom stereocenters. The van der Waals surface area contributed by atoms with Crippen molar-refractivity contribution in [2.75, 3.05) is 11.9 Å². The zero-order valence-electron chi connectivity index (χ0n) is 14.0. The lowest BCUT2D eigenvalue weighted by Crippen LogP contribution is -2.11. The SMILES string of the molecule is CCCCCCOc1cccc(NC(=O)c2ccc(C)cc2)c1. The summed E-state index contributed by atoms with van der Waals surface area (Å²) in [5.74, 6) is 0.688. The minimum atomic E-state index is -0.106. The van der Waals surface area contributed by atoms with E-state index in [0.29, 0.717) is 5.56 Å². The quantitative estimate of drug-likeness (QED) is 0.680. The number of hydrogen-bond donors (Lipinski definition) is 1. The van der Waals surface area contributed by atoms with Crippen LogP contribution in [0.5, 0.6) is 5.75 Å². The summed E-state index contributed by atoms with van der Waals surface area (Å²) in [5, 5.41) is 2.91. The highest BCUT2D eigenvalue weighted by Crippen LogP contribution is 2.18. The number of nitrogens with one attached hydrogen (secondary N) is 1. The molecule has 0 saturated carbocycles. The fourth-order valence-corrected chi connectivity index (χ4v) is 2.29. The summed E-state index contributed by atoms with van der Waals surface area (Å²) in [6, 6.07) is 15.1. The summed E-state index contributed by atoms with van der Waals surface area (Å²) in [6.07, 6.45) is 4.73. The third-order valence-electron chi connectivity index (χ3n) is 3.67. The zero-order chi connectivity index (χ0) is 16.5. The van der Waals surface area contributed by atoms with E-state index < -0.39 is 0 Å². The van der Waals surface area contributed by atoms with Crippen molar-refractivity contribution in [3.63, 3.8) is 0 Å². The predicted molar refractivity (Wildman–Crippen MR) is 95.2 cm³/mol. The van der Waals surface area contributed by atoms with Crippen LogP contribution in [0.15, 0.2) is 48.5 Å². The molecule has 0 atom stereocenters. The summed E-state index contributed by atoms with van der Waals surface area (Å²) in [4.78, 5) is 12.2. The van der Waals surface area contributed by atoms with E-state index in [1.165, 1.54) is 19.3 Å². The minimum Gasteiger partial charge on any atom is -0.494 e. The Morgan fingerprint density at radius 1 is 1.04 bits per heavy atom. The van der Waals surface area contributed by atoms with Crippen LogP contribution in [0.2, 0.25) is 0 Å². The molecule has 23 heavy (non-hydrogen) atoms. The van der Waals surface area contributed by atoms with E-state index in [-0.39, 0.29) is 5.91 Å². The lowest BCUT2D eigenvalue weighted by atomic mass is 10.1. The first-order chi connectivity index (χ1) is 11.2. The van der Waals surface area contributed by atoms with Gasteiger partial charge in [0, 0.05) is 17.3 Å². The first kappa shape index (κ1) is 17.1. The molecule has 0 aliphatic carbocycles. The van der Waals surface area contributed by atoms with Gasteiger partial charge in [0.2, 0.25) is 0 Å². The average molecular weight is 311 g/mol. The Kier molecular flexibility index (Phi) is 6.67. The molecule has 0 heterocycles. The molecule has 3 nitrogen and oxygen atoms in total. The van der Waals surface area contributed by atoms with Gasteiger partial charge in [0.05, 0.1) is 6.61 Å². The van der Waals surface area contributed by atoms with Crippen molar-refractivity contribution in [1.82, 2.24) is 0 Å². The molecule has 0 bridgehead atoms. The first-order valence-electron chi connectivity index (χ1n) is 8.30. The number of anilines is 1. The van der Waals surface area contributed by atoms with Gasteiger partial charge in [-0.25, -0.2) is 0 Å². The standard InChI is InChI=1S/C20H25NO2/c1-3-4-5-6-14-23-19-9-7-8-18(15-19)21-20(22)17-12-10-16(2)11-13-17/h7-13,15H,3-6,14H2,1-2H3,(H,21,22). The normalized spacial score (nSPS) is 10.3. The molecular formula is C20H25NO2. The Labute approximate surface area is 138 Å². The van der Waals surface area contributed by atoms with Gasteiger partial charge in [-0.05, 0) is 37.6 Å². The maximum Gasteiger partial charge on any atom is 0.255 e. The van der Waals surface area contributed by atoms with Crippen LogP contribution in [0.1, 0.15) is 48.5 Å². The topological polar surface area (TPSA) is 38.3 Å². The molecular weight excluding hydrogens is 286 g/mol. The smallest absolute Gasteiger partial charge is 0.255 e. The van der Waals surface area contributed by atoms with Crippen molar-refractivity contribution in [2.24, 2.45) is 0 Å². The summed E-state index contributed by atoms with van der Waals surface area (Å²) in [6.45, 7) is 4.92. The summed E-state index contributed by atoms with van der Waals surface area (Å²) in [7, 11) is 0. The van der Waals surface area contributed by atoms with E-state index in [1.54, 1.807) is 0 Å². The van der Waals surface area contributed by atoms with Crippen molar-refractivity contribution >= 4 is 11.6 Å². The number of rotatable bonds is 8. The van der Waals surface area contributed by atoms with Crippen LogP contribution in [0.25, 0.3) is 0 Å². The molecule has 1 amide bonds. The number of aryl methyl sites for hydroxylation is 1. The van der Waals surface area contributed by atoms with Crippen molar-refractivity contribution in [1.29, 1.82) is 0 Å². The Hall–Kier alpha value is -2.29. The number of ether oxygens (including phenoxy) is 1. The third-order valence-corrected chi connectivity index (χ3v) is 3.67. The van der Waals surface area contributed by atoms with E-state index in [2.05, 4.69) is 12.2 Å². The largest absolute Gasteiger partial charge is 0.494 e. The van der Waals surface area contributed by atoms with E-state index >= 15 is 0 Å². The summed E-state index contributed by atoms with van der Waals surface area (Å²) < 4.78 is 5.74. The molecule has 1 N–H and O–H groups in total. The van der Waals surface area contributed by atoms with Crippen LogP contribution in [0.3, 0.4) is 0 Å². The molecule has 3 heteroatoms. The van der Waals surface area contributed by atoms with Gasteiger partial charge in [0.1, 0.15) is 5.75 Å². The van der Waals surface area contributed by atoms with Gasteiger partial charge in [0.15, 0.2) is 0 Å². The lowest BCUT2D eigenvalue weighted by molar-refractivity contribution is 0.102. The molecule has 0 radical (unpaired) electrons. The maximum absolute atomic E-state index is 12.2. The van der Waals surface area contributed by atoms with Gasteiger partial charge in [0.25, 0.3) is 5.91 Å². The molecule has 2 aromatic carbocycles. The Morgan fingerprint density at radius 2 is 1.83 bits per heavy atom. The highest BCUT2D eigenvalue weighted by atomic mass is 16.5. The van der Waals surface area contributed by atoms with Crippen molar-refractivity contribution in [3.05, 3.63) is 59.7 Å². The highest BCUT2D eigenvalue weighted by Gasteiger charge is 2.06. The monoisotopic (exact) mass is 311 g/mol. The molecule has 2 rings (SSSR count). The molecule has 0 aromatic heterocycles. The number of benzene rings is 2. The second kappa shape index (κ2) is 8.99. The molecule has 0 aliphatic heterocycles. The van der Waals surface area contributed by atoms with Crippen molar-refractivity contribution in [3.8, 4) is 5.75 Å². The number of unbranched alkanes of at least 4 members (excludes halogenated alkanes) is 3. The van der Waals surface area contributed by atoms with Gasteiger partial charge in [-0.15, -0.1) is 0 Å². The summed E-state index contributed by atoms with van der Waals surface area (Å²) >= 11 is 0. The van der Waals surface area contributed by atoms with Crippen LogP contribution in [0.4, 0.5) is 5.69 Å². The fraction of sp³-hybridized carbons (Fsp3) is 0.350. The number of hydrogen-bond acceptors (Lipinski definition) is 2. The number of carbonyl (C=O) groups is 1. The Bertz CT molecular complexity index is 620. The van der Waals surface area contributed by atoms with E-state index in [4.69, 9.17) is 4.74 Å². The second-order valence-corrected chi connectivity index (χ2v) is 5.76. The highest BCUT2D eigenvalue weighted by molar-refractivity contribution is 6.04. The van der Waals surface area contributed by atoms with Gasteiger partial charge >= 0.3 is 0 Å². The third kappa shape index (κ3) is 5.78. The van der Waals surface area contributed by atoms with Crippen LogP contribution in [-0.2, 0) is 0 Å². The van der Waals surface area contributed by atoms with Crippen LogP contribution in [0, 0.1) is 6.92 Å². The molecule has 0 aliphatic rings. The van der Waals surface area contributed by atoms with E-state index in [0.717, 1.165) is 30.0 Å². The van der Waals surface area contributed by atoms with E-state index in [9.17, 15) is 4.79 Å². The Morgan fingerprint density at radius 3 is 2.57 bits per heavy atom.